The van der Waals surface area contributed by atoms with Crippen LogP contribution in [0, 0.1) is 17.8 Å². The highest BCUT2D eigenvalue weighted by Gasteiger charge is 2.60. The second-order valence-electron chi connectivity index (χ2n) is 8.68. The van der Waals surface area contributed by atoms with E-state index in [2.05, 4.69) is 6.58 Å². The van der Waals surface area contributed by atoms with Crippen molar-refractivity contribution in [1.29, 1.82) is 0 Å². The standard InChI is InChI=1S/C20H30O6/c1-10(2)9-13(21)24-18-17-14(12(4)19(23)25-17)15(22)16-11(3)7-6-8-20(18,5)26-16/h10-11,14-18,22H,4,6-9H2,1-3,5H3. The maximum Gasteiger partial charge on any atom is 0.334 e. The van der Waals surface area contributed by atoms with E-state index in [9.17, 15) is 14.7 Å². The maximum atomic E-state index is 12.4. The van der Waals surface area contributed by atoms with Gasteiger partial charge in [-0.05, 0) is 31.6 Å². The number of hydrogen-bond donors (Lipinski definition) is 1. The summed E-state index contributed by atoms with van der Waals surface area (Å²) in [6.45, 7) is 11.7. The van der Waals surface area contributed by atoms with Crippen molar-refractivity contribution in [2.75, 3.05) is 0 Å². The van der Waals surface area contributed by atoms with Gasteiger partial charge in [-0.25, -0.2) is 4.79 Å². The zero-order valence-corrected chi connectivity index (χ0v) is 16.1. The minimum absolute atomic E-state index is 0.126. The highest BCUT2D eigenvalue weighted by molar-refractivity contribution is 5.91. The summed E-state index contributed by atoms with van der Waals surface area (Å²) in [5.41, 5.74) is -0.578. The SMILES string of the molecule is C=C1C(=O)OC2C1C(O)C1OC(C)(CCCC1C)C2OC(=O)CC(C)C. The molecule has 7 atom stereocenters. The van der Waals surface area contributed by atoms with Gasteiger partial charge in [-0.15, -0.1) is 0 Å². The Morgan fingerprint density at radius 3 is 2.77 bits per heavy atom. The zero-order valence-electron chi connectivity index (χ0n) is 16.1. The number of carbonyl (C=O) groups is 2. The van der Waals surface area contributed by atoms with Gasteiger partial charge in [0.2, 0.25) is 0 Å². The van der Waals surface area contributed by atoms with Gasteiger partial charge in [0.25, 0.3) is 0 Å². The van der Waals surface area contributed by atoms with Gasteiger partial charge in [0.1, 0.15) is 5.60 Å². The van der Waals surface area contributed by atoms with Crippen molar-refractivity contribution in [2.24, 2.45) is 17.8 Å². The van der Waals surface area contributed by atoms with Crippen LogP contribution in [-0.2, 0) is 23.8 Å². The molecule has 0 spiro atoms. The molecule has 0 aliphatic carbocycles. The van der Waals surface area contributed by atoms with E-state index in [1.807, 2.05) is 27.7 Å². The van der Waals surface area contributed by atoms with E-state index in [4.69, 9.17) is 14.2 Å². The molecule has 1 N–H and O–H groups in total. The summed E-state index contributed by atoms with van der Waals surface area (Å²) >= 11 is 0. The molecule has 6 heteroatoms. The van der Waals surface area contributed by atoms with Crippen molar-refractivity contribution in [2.45, 2.75) is 83.4 Å². The average molecular weight is 366 g/mol. The normalized spacial score (nSPS) is 42.7. The van der Waals surface area contributed by atoms with E-state index in [1.165, 1.54) is 0 Å². The number of aliphatic hydroxyl groups excluding tert-OH is 1. The summed E-state index contributed by atoms with van der Waals surface area (Å²) in [6.07, 6.45) is -0.133. The second kappa shape index (κ2) is 6.97. The van der Waals surface area contributed by atoms with Crippen LogP contribution < -0.4 is 0 Å². The number of carbonyl (C=O) groups excluding carboxylic acids is 2. The van der Waals surface area contributed by atoms with E-state index < -0.39 is 41.9 Å². The molecule has 7 unspecified atom stereocenters. The fourth-order valence-electron chi connectivity index (χ4n) is 4.57. The highest BCUT2D eigenvalue weighted by Crippen LogP contribution is 2.47. The van der Waals surface area contributed by atoms with Crippen LogP contribution in [0.1, 0.15) is 53.4 Å². The molecule has 3 aliphatic rings. The van der Waals surface area contributed by atoms with Crippen molar-refractivity contribution >= 4 is 11.9 Å². The molecule has 0 aromatic rings. The van der Waals surface area contributed by atoms with Gasteiger partial charge in [0.05, 0.1) is 18.1 Å². The summed E-state index contributed by atoms with van der Waals surface area (Å²) in [6, 6.07) is 0. The third kappa shape index (κ3) is 3.29. The molecule has 6 nitrogen and oxygen atoms in total. The third-order valence-corrected chi connectivity index (χ3v) is 6.00. The number of hydrogen-bond acceptors (Lipinski definition) is 6. The van der Waals surface area contributed by atoms with Gasteiger partial charge >= 0.3 is 11.9 Å². The number of aliphatic hydroxyl groups is 1. The Bertz CT molecular complexity index is 599. The Balaban J connectivity index is 2.00. The van der Waals surface area contributed by atoms with Crippen LogP contribution in [0.5, 0.6) is 0 Å². The first kappa shape index (κ1) is 19.4. The molecule has 3 aliphatic heterocycles. The summed E-state index contributed by atoms with van der Waals surface area (Å²) in [5.74, 6) is -1.20. The molecule has 2 bridgehead atoms. The second-order valence-corrected chi connectivity index (χ2v) is 8.68. The summed E-state index contributed by atoms with van der Waals surface area (Å²) < 4.78 is 17.7. The molecule has 3 fully saturated rings. The van der Waals surface area contributed by atoms with Gasteiger partial charge in [-0.1, -0.05) is 33.8 Å². The number of fused-ring (bicyclic) bond motifs is 3. The fraction of sp³-hybridized carbons (Fsp3) is 0.800. The summed E-state index contributed by atoms with van der Waals surface area (Å²) in [5, 5.41) is 11.0. The van der Waals surface area contributed by atoms with Gasteiger partial charge in [0, 0.05) is 12.0 Å². The lowest BCUT2D eigenvalue weighted by Gasteiger charge is -2.38. The number of rotatable bonds is 3. The van der Waals surface area contributed by atoms with Crippen LogP contribution in [0.2, 0.25) is 0 Å². The molecule has 0 aromatic carbocycles. The van der Waals surface area contributed by atoms with Crippen LogP contribution in [0.4, 0.5) is 0 Å². The van der Waals surface area contributed by atoms with Crippen molar-refractivity contribution in [3.05, 3.63) is 12.2 Å². The van der Waals surface area contributed by atoms with Crippen LogP contribution in [0.3, 0.4) is 0 Å². The van der Waals surface area contributed by atoms with Crippen LogP contribution in [0.25, 0.3) is 0 Å². The molecule has 0 saturated carbocycles. The highest BCUT2D eigenvalue weighted by atomic mass is 16.6. The Kier molecular flexibility index (Phi) is 5.19. The van der Waals surface area contributed by atoms with Crippen LogP contribution in [0.15, 0.2) is 12.2 Å². The summed E-state index contributed by atoms with van der Waals surface area (Å²) in [7, 11) is 0. The van der Waals surface area contributed by atoms with E-state index in [1.54, 1.807) is 0 Å². The minimum Gasteiger partial charge on any atom is -0.455 e. The lowest BCUT2D eigenvalue weighted by Crippen LogP contribution is -2.51. The van der Waals surface area contributed by atoms with E-state index in [0.717, 1.165) is 12.8 Å². The Hall–Kier alpha value is -1.40. The molecule has 3 saturated heterocycles. The molecule has 0 radical (unpaired) electrons. The van der Waals surface area contributed by atoms with E-state index in [-0.39, 0.29) is 29.8 Å². The lowest BCUT2D eigenvalue weighted by molar-refractivity contribution is -0.201. The molecule has 3 rings (SSSR count). The fourth-order valence-corrected chi connectivity index (χ4v) is 4.57. The number of ether oxygens (including phenoxy) is 3. The van der Waals surface area contributed by atoms with Crippen molar-refractivity contribution in [3.8, 4) is 0 Å². The van der Waals surface area contributed by atoms with Gasteiger partial charge in [0.15, 0.2) is 12.2 Å². The van der Waals surface area contributed by atoms with Gasteiger partial charge < -0.3 is 19.3 Å². The first-order chi connectivity index (χ1) is 12.1. The Morgan fingerprint density at radius 1 is 1.42 bits per heavy atom. The molecular formula is C20H30O6. The predicted octanol–water partition coefficient (Wildman–Crippen LogP) is 2.38. The Morgan fingerprint density at radius 2 is 2.12 bits per heavy atom. The Labute approximate surface area is 154 Å². The molecule has 0 amide bonds. The minimum atomic E-state index is -0.917. The average Bonchev–Trinajstić information content (AvgIpc) is 2.68. The van der Waals surface area contributed by atoms with Gasteiger partial charge in [-0.2, -0.15) is 0 Å². The topological polar surface area (TPSA) is 82.1 Å². The van der Waals surface area contributed by atoms with Crippen molar-refractivity contribution < 1.29 is 28.9 Å². The van der Waals surface area contributed by atoms with Crippen molar-refractivity contribution in [3.63, 3.8) is 0 Å². The first-order valence-electron chi connectivity index (χ1n) is 9.59. The smallest absolute Gasteiger partial charge is 0.334 e. The lowest BCUT2D eigenvalue weighted by atomic mass is 9.78. The van der Waals surface area contributed by atoms with Gasteiger partial charge in [-0.3, -0.25) is 4.79 Å². The maximum absolute atomic E-state index is 12.4. The molecule has 0 aromatic heterocycles. The van der Waals surface area contributed by atoms with E-state index >= 15 is 0 Å². The summed E-state index contributed by atoms with van der Waals surface area (Å²) in [4.78, 5) is 24.6. The van der Waals surface area contributed by atoms with Crippen molar-refractivity contribution in [1.82, 2.24) is 0 Å². The molecule has 26 heavy (non-hydrogen) atoms. The predicted molar refractivity (Wildman–Crippen MR) is 94.1 cm³/mol. The monoisotopic (exact) mass is 366 g/mol. The largest absolute Gasteiger partial charge is 0.455 e. The molecular weight excluding hydrogens is 336 g/mol. The quantitative estimate of drug-likeness (QED) is 0.610. The zero-order chi connectivity index (χ0) is 19.2. The number of esters is 2. The molecule has 3 heterocycles. The van der Waals surface area contributed by atoms with E-state index in [0.29, 0.717) is 6.42 Å². The molecule has 146 valence electrons. The first-order valence-corrected chi connectivity index (χ1v) is 9.59. The van der Waals surface area contributed by atoms with Crippen LogP contribution >= 0.6 is 0 Å². The van der Waals surface area contributed by atoms with Crippen LogP contribution in [-0.4, -0.2) is 47.1 Å². The third-order valence-electron chi connectivity index (χ3n) is 6.00.